The summed E-state index contributed by atoms with van der Waals surface area (Å²) < 4.78 is 10.7. The molecule has 4 rings (SSSR count). The minimum absolute atomic E-state index is 0.272. The van der Waals surface area contributed by atoms with Crippen LogP contribution in [0.15, 0.2) is 78.9 Å². The lowest BCUT2D eigenvalue weighted by atomic mass is 9.95. The molecule has 3 aromatic carbocycles. The summed E-state index contributed by atoms with van der Waals surface area (Å²) >= 11 is 5.90. The van der Waals surface area contributed by atoms with Gasteiger partial charge < -0.3 is 9.47 Å². The zero-order chi connectivity index (χ0) is 22.0. The van der Waals surface area contributed by atoms with Gasteiger partial charge in [-0.1, -0.05) is 48.0 Å². The van der Waals surface area contributed by atoms with Gasteiger partial charge in [-0.3, -0.25) is 10.2 Å². The predicted molar refractivity (Wildman–Crippen MR) is 114 cm³/mol. The van der Waals surface area contributed by atoms with E-state index in [-0.39, 0.29) is 5.75 Å². The van der Waals surface area contributed by atoms with Gasteiger partial charge in [-0.05, 0) is 49.4 Å². The molecule has 1 aliphatic heterocycles. The summed E-state index contributed by atoms with van der Waals surface area (Å²) in [6.07, 6.45) is -0.812. The lowest BCUT2D eigenvalue weighted by Crippen LogP contribution is -2.40. The molecule has 1 N–H and O–H groups in total. The van der Waals surface area contributed by atoms with Crippen molar-refractivity contribution in [2.45, 2.75) is 12.5 Å². The van der Waals surface area contributed by atoms with Gasteiger partial charge in [0, 0.05) is 10.6 Å². The van der Waals surface area contributed by atoms with Gasteiger partial charge in [-0.2, -0.15) is 0 Å². The van der Waals surface area contributed by atoms with E-state index >= 15 is 0 Å². The summed E-state index contributed by atoms with van der Waals surface area (Å²) in [5.74, 6) is -0.860. The number of anilines is 1. The molecule has 3 aromatic rings. The molecule has 1 unspecified atom stereocenters. The number of esters is 1. The summed E-state index contributed by atoms with van der Waals surface area (Å²) in [4.78, 5) is 37.5. The van der Waals surface area contributed by atoms with Gasteiger partial charge in [0.2, 0.25) is 5.60 Å². The molecule has 1 aliphatic rings. The van der Waals surface area contributed by atoms with E-state index in [1.54, 1.807) is 54.6 Å². The number of imide groups is 1. The number of halogens is 1. The average Bonchev–Trinajstić information content (AvgIpc) is 2.99. The van der Waals surface area contributed by atoms with Crippen LogP contribution in [0.25, 0.3) is 0 Å². The normalized spacial score (nSPS) is 17.9. The molecule has 0 aliphatic carbocycles. The Bertz CT molecular complexity index is 1150. The van der Waals surface area contributed by atoms with Gasteiger partial charge in [0.15, 0.2) is 0 Å². The maximum Gasteiger partial charge on any atom is 0.437 e. The molecular formula is C23H17ClN2O5. The Morgan fingerprint density at radius 1 is 1.00 bits per heavy atom. The van der Waals surface area contributed by atoms with Crippen LogP contribution in [0.5, 0.6) is 5.75 Å². The second-order valence-corrected chi connectivity index (χ2v) is 7.38. The number of para-hydroxylation sites is 1. The quantitative estimate of drug-likeness (QED) is 0.457. The third kappa shape index (κ3) is 4.08. The number of cyclic esters (lactones) is 1. The Morgan fingerprint density at radius 2 is 1.71 bits per heavy atom. The van der Waals surface area contributed by atoms with Crippen molar-refractivity contribution in [2.75, 3.05) is 5.43 Å². The second kappa shape index (κ2) is 8.12. The van der Waals surface area contributed by atoms with E-state index in [2.05, 4.69) is 5.43 Å². The monoisotopic (exact) mass is 436 g/mol. The fourth-order valence-electron chi connectivity index (χ4n) is 3.10. The van der Waals surface area contributed by atoms with Crippen molar-refractivity contribution in [2.24, 2.45) is 0 Å². The predicted octanol–water partition coefficient (Wildman–Crippen LogP) is 4.78. The number of hydrogen-bond acceptors (Lipinski definition) is 6. The van der Waals surface area contributed by atoms with Gasteiger partial charge in [-0.25, -0.2) is 9.59 Å². The summed E-state index contributed by atoms with van der Waals surface area (Å²) in [5, 5.41) is 1.26. The number of nitrogens with one attached hydrogen (secondary N) is 1. The van der Waals surface area contributed by atoms with Gasteiger partial charge in [0.25, 0.3) is 5.91 Å². The molecule has 0 spiro atoms. The molecule has 0 aromatic heterocycles. The molecule has 1 fully saturated rings. The number of hydrogen-bond donors (Lipinski definition) is 1. The standard InChI is InChI=1S/C23H17ClN2O5/c1-23(21(28)26(22(29)31-23)25-18-8-3-2-4-9-18)16-10-12-19(13-11-16)30-20(27)15-6-5-7-17(24)14-15/h2-14,25H,1H3. The topological polar surface area (TPSA) is 84.9 Å². The van der Waals surface area contributed by atoms with Crippen LogP contribution in [0.3, 0.4) is 0 Å². The number of ether oxygens (including phenoxy) is 2. The summed E-state index contributed by atoms with van der Waals surface area (Å²) in [5.41, 5.74) is 2.55. The van der Waals surface area contributed by atoms with Gasteiger partial charge in [0.1, 0.15) is 5.75 Å². The number of hydrazine groups is 1. The first-order valence-electron chi connectivity index (χ1n) is 9.34. The highest BCUT2D eigenvalue weighted by atomic mass is 35.5. The number of carbonyl (C=O) groups excluding carboxylic acids is 3. The Morgan fingerprint density at radius 3 is 2.39 bits per heavy atom. The fraction of sp³-hybridized carbons (Fsp3) is 0.0870. The van der Waals surface area contributed by atoms with Crippen LogP contribution in [0.2, 0.25) is 5.02 Å². The van der Waals surface area contributed by atoms with Crippen molar-refractivity contribution in [1.29, 1.82) is 0 Å². The first-order chi connectivity index (χ1) is 14.9. The van der Waals surface area contributed by atoms with E-state index in [0.717, 1.165) is 5.01 Å². The SMILES string of the molecule is CC1(c2ccc(OC(=O)c3cccc(Cl)c3)cc2)OC(=O)N(Nc2ccccc2)C1=O. The molecule has 8 heteroatoms. The average molecular weight is 437 g/mol. The van der Waals surface area contributed by atoms with Gasteiger partial charge in [-0.15, -0.1) is 5.01 Å². The second-order valence-electron chi connectivity index (χ2n) is 6.94. The summed E-state index contributed by atoms with van der Waals surface area (Å²) in [6.45, 7) is 1.51. The van der Waals surface area contributed by atoms with Crippen molar-refractivity contribution in [3.05, 3.63) is 95.0 Å². The van der Waals surface area contributed by atoms with E-state index < -0.39 is 23.6 Å². The minimum atomic E-state index is -1.52. The lowest BCUT2D eigenvalue weighted by Gasteiger charge is -2.20. The maximum atomic E-state index is 12.9. The first-order valence-corrected chi connectivity index (χ1v) is 9.72. The molecule has 0 saturated carbocycles. The molecule has 1 heterocycles. The van der Waals surface area contributed by atoms with E-state index in [9.17, 15) is 14.4 Å². The largest absolute Gasteiger partial charge is 0.437 e. The summed E-state index contributed by atoms with van der Waals surface area (Å²) in [7, 11) is 0. The smallest absolute Gasteiger partial charge is 0.426 e. The number of benzene rings is 3. The fourth-order valence-corrected chi connectivity index (χ4v) is 3.29. The molecule has 31 heavy (non-hydrogen) atoms. The highest BCUT2D eigenvalue weighted by Crippen LogP contribution is 2.35. The molecule has 1 atom stereocenters. The van der Waals surface area contributed by atoms with Gasteiger partial charge >= 0.3 is 12.1 Å². The van der Waals surface area contributed by atoms with Crippen molar-refractivity contribution in [1.82, 2.24) is 5.01 Å². The molecular weight excluding hydrogens is 420 g/mol. The van der Waals surface area contributed by atoms with Crippen LogP contribution < -0.4 is 10.2 Å². The lowest BCUT2D eigenvalue weighted by molar-refractivity contribution is -0.135. The Hall–Kier alpha value is -3.84. The minimum Gasteiger partial charge on any atom is -0.426 e. The number of rotatable bonds is 5. The Balaban J connectivity index is 1.49. The summed E-state index contributed by atoms with van der Waals surface area (Å²) in [6, 6.07) is 21.4. The van der Waals surface area contributed by atoms with Crippen molar-refractivity contribution >= 4 is 35.3 Å². The first kappa shape index (κ1) is 20.4. The van der Waals surface area contributed by atoms with Gasteiger partial charge in [0.05, 0.1) is 11.3 Å². The van der Waals surface area contributed by atoms with Crippen LogP contribution in [-0.2, 0) is 15.1 Å². The van der Waals surface area contributed by atoms with E-state index in [1.807, 2.05) is 6.07 Å². The van der Waals surface area contributed by atoms with E-state index in [1.165, 1.54) is 25.1 Å². The van der Waals surface area contributed by atoms with Crippen LogP contribution in [0.4, 0.5) is 10.5 Å². The van der Waals surface area contributed by atoms with Crippen LogP contribution >= 0.6 is 11.6 Å². The number of amides is 2. The van der Waals surface area contributed by atoms with Crippen LogP contribution in [0.1, 0.15) is 22.8 Å². The van der Waals surface area contributed by atoms with Crippen molar-refractivity contribution in [3.63, 3.8) is 0 Å². The van der Waals surface area contributed by atoms with Crippen molar-refractivity contribution < 1.29 is 23.9 Å². The molecule has 156 valence electrons. The van der Waals surface area contributed by atoms with E-state index in [0.29, 0.717) is 21.8 Å². The highest BCUT2D eigenvalue weighted by Gasteiger charge is 2.52. The molecule has 0 radical (unpaired) electrons. The third-order valence-electron chi connectivity index (χ3n) is 4.78. The number of nitrogens with zero attached hydrogens (tertiary/aromatic N) is 1. The Labute approximate surface area is 183 Å². The highest BCUT2D eigenvalue weighted by molar-refractivity contribution is 6.30. The zero-order valence-electron chi connectivity index (χ0n) is 16.4. The Kier molecular flexibility index (Phi) is 5.35. The maximum absolute atomic E-state index is 12.9. The third-order valence-corrected chi connectivity index (χ3v) is 5.01. The van der Waals surface area contributed by atoms with Crippen molar-refractivity contribution in [3.8, 4) is 5.75 Å². The molecule has 2 amide bonds. The van der Waals surface area contributed by atoms with Crippen LogP contribution in [0, 0.1) is 0 Å². The molecule has 1 saturated heterocycles. The zero-order valence-corrected chi connectivity index (χ0v) is 17.1. The molecule has 0 bridgehead atoms. The van der Waals surface area contributed by atoms with E-state index in [4.69, 9.17) is 21.1 Å². The number of carbonyl (C=O) groups is 3. The van der Waals surface area contributed by atoms with Crippen LogP contribution in [-0.4, -0.2) is 23.0 Å². The molecule has 7 nitrogen and oxygen atoms in total.